The minimum atomic E-state index is -0.565. The maximum Gasteiger partial charge on any atom is 0.344 e. The van der Waals surface area contributed by atoms with E-state index in [1.807, 2.05) is 37.3 Å². The van der Waals surface area contributed by atoms with Crippen LogP contribution in [0, 0.1) is 10.1 Å². The molecule has 3 aromatic carbocycles. The van der Waals surface area contributed by atoms with Gasteiger partial charge in [0.15, 0.2) is 0 Å². The van der Waals surface area contributed by atoms with Crippen LogP contribution in [0.15, 0.2) is 60.7 Å². The molecule has 0 fully saturated rings. The van der Waals surface area contributed by atoms with E-state index in [1.54, 1.807) is 30.3 Å². The Balaban J connectivity index is 2.06. The number of esters is 1. The Bertz CT molecular complexity index is 1100. The van der Waals surface area contributed by atoms with Gasteiger partial charge < -0.3 is 4.74 Å². The van der Waals surface area contributed by atoms with Gasteiger partial charge >= 0.3 is 11.7 Å². The average Bonchev–Trinajstić information content (AvgIpc) is 2.99. The zero-order chi connectivity index (χ0) is 18.3. The van der Waals surface area contributed by atoms with Gasteiger partial charge in [0.1, 0.15) is 0 Å². The lowest BCUT2D eigenvalue weighted by Crippen LogP contribution is -2.04. The standard InChI is InChI=1S/C21H15NO4/c1-2-13-11-12-16(15-8-4-3-7-14(13)15)19(22(24)25)20-17-9-5-6-10-18(17)21(23)26-20/h3-12H,2H2,1H3/b20-19+. The molecule has 0 aliphatic carbocycles. The third kappa shape index (κ3) is 2.37. The van der Waals surface area contributed by atoms with Crippen molar-refractivity contribution in [1.82, 2.24) is 0 Å². The zero-order valence-corrected chi connectivity index (χ0v) is 14.1. The fourth-order valence-electron chi connectivity index (χ4n) is 3.42. The van der Waals surface area contributed by atoms with Crippen LogP contribution in [0.25, 0.3) is 22.2 Å². The normalized spacial score (nSPS) is 14.9. The van der Waals surface area contributed by atoms with Crippen molar-refractivity contribution >= 4 is 28.2 Å². The number of hydrogen-bond acceptors (Lipinski definition) is 4. The third-order valence-corrected chi connectivity index (χ3v) is 4.63. The SMILES string of the molecule is CCc1ccc(/C(=C2\OC(=O)c3ccccc32)[N+](=O)[O-])c2ccccc12. The number of aryl methyl sites for hydroxylation is 1. The summed E-state index contributed by atoms with van der Waals surface area (Å²) in [5.74, 6) is -0.561. The second-order valence-electron chi connectivity index (χ2n) is 6.04. The number of carbonyl (C=O) groups excluding carboxylic acids is 1. The second kappa shape index (κ2) is 6.11. The van der Waals surface area contributed by atoms with Gasteiger partial charge in [-0.15, -0.1) is 0 Å². The summed E-state index contributed by atoms with van der Waals surface area (Å²) in [5.41, 5.74) is 2.16. The zero-order valence-electron chi connectivity index (χ0n) is 14.1. The minimum absolute atomic E-state index is 0.00463. The van der Waals surface area contributed by atoms with Crippen molar-refractivity contribution in [3.8, 4) is 0 Å². The molecule has 26 heavy (non-hydrogen) atoms. The Morgan fingerprint density at radius 1 is 0.962 bits per heavy atom. The number of rotatable bonds is 3. The number of fused-ring (bicyclic) bond motifs is 2. The van der Waals surface area contributed by atoms with E-state index in [0.717, 1.165) is 22.8 Å². The first-order chi connectivity index (χ1) is 12.6. The molecular weight excluding hydrogens is 330 g/mol. The quantitative estimate of drug-likeness (QED) is 0.393. The van der Waals surface area contributed by atoms with Crippen LogP contribution >= 0.6 is 0 Å². The summed E-state index contributed by atoms with van der Waals surface area (Å²) >= 11 is 0. The van der Waals surface area contributed by atoms with Crippen LogP contribution in [0.1, 0.15) is 34.0 Å². The van der Waals surface area contributed by atoms with Gasteiger partial charge in [-0.3, -0.25) is 10.1 Å². The molecule has 1 aliphatic rings. The number of hydrogen-bond donors (Lipinski definition) is 0. The Morgan fingerprint density at radius 2 is 1.62 bits per heavy atom. The first-order valence-electron chi connectivity index (χ1n) is 8.33. The average molecular weight is 345 g/mol. The number of nitrogens with zero attached hydrogens (tertiary/aromatic N) is 1. The van der Waals surface area contributed by atoms with Crippen molar-refractivity contribution in [2.24, 2.45) is 0 Å². The van der Waals surface area contributed by atoms with E-state index in [2.05, 4.69) is 0 Å². The highest BCUT2D eigenvalue weighted by Crippen LogP contribution is 2.38. The van der Waals surface area contributed by atoms with E-state index in [4.69, 9.17) is 4.74 Å². The largest absolute Gasteiger partial charge is 0.415 e. The monoisotopic (exact) mass is 345 g/mol. The summed E-state index contributed by atoms with van der Waals surface area (Å²) in [6.07, 6.45) is 0.822. The molecule has 5 nitrogen and oxygen atoms in total. The summed E-state index contributed by atoms with van der Waals surface area (Å²) in [6, 6.07) is 17.9. The molecule has 0 atom stereocenters. The smallest absolute Gasteiger partial charge is 0.344 e. The summed E-state index contributed by atoms with van der Waals surface area (Å²) in [6.45, 7) is 2.04. The molecule has 0 bridgehead atoms. The Labute approximate surface area is 149 Å². The van der Waals surface area contributed by atoms with Crippen LogP contribution in [-0.4, -0.2) is 10.9 Å². The molecule has 3 aromatic rings. The van der Waals surface area contributed by atoms with Gasteiger partial charge in [-0.1, -0.05) is 55.5 Å². The van der Waals surface area contributed by atoms with Crippen molar-refractivity contribution in [3.05, 3.63) is 93.0 Å². The molecule has 0 spiro atoms. The fraction of sp³-hybridized carbons (Fsp3) is 0.0952. The summed E-state index contributed by atoms with van der Waals surface area (Å²) < 4.78 is 5.31. The Hall–Kier alpha value is -3.47. The minimum Gasteiger partial charge on any atom is -0.415 e. The highest BCUT2D eigenvalue weighted by Gasteiger charge is 2.35. The van der Waals surface area contributed by atoms with Crippen molar-refractivity contribution < 1.29 is 14.5 Å². The second-order valence-corrected chi connectivity index (χ2v) is 6.04. The van der Waals surface area contributed by atoms with Gasteiger partial charge in [0.25, 0.3) is 0 Å². The molecule has 5 heteroatoms. The first kappa shape index (κ1) is 16.0. The highest BCUT2D eigenvalue weighted by molar-refractivity contribution is 6.09. The van der Waals surface area contributed by atoms with Gasteiger partial charge in [0, 0.05) is 5.56 Å². The molecule has 1 aliphatic heterocycles. The lowest BCUT2D eigenvalue weighted by molar-refractivity contribution is -0.375. The number of nitro groups is 1. The molecule has 0 N–H and O–H groups in total. The molecule has 0 saturated heterocycles. The molecule has 0 saturated carbocycles. The van der Waals surface area contributed by atoms with Crippen molar-refractivity contribution in [1.29, 1.82) is 0 Å². The van der Waals surface area contributed by atoms with Crippen LogP contribution in [0.5, 0.6) is 0 Å². The maximum atomic E-state index is 12.1. The molecule has 0 radical (unpaired) electrons. The predicted octanol–water partition coefficient (Wildman–Crippen LogP) is 4.68. The third-order valence-electron chi connectivity index (χ3n) is 4.63. The van der Waals surface area contributed by atoms with Gasteiger partial charge in [-0.2, -0.15) is 0 Å². The summed E-state index contributed by atoms with van der Waals surface area (Å²) in [7, 11) is 0. The predicted molar refractivity (Wildman–Crippen MR) is 99.0 cm³/mol. The van der Waals surface area contributed by atoms with Crippen LogP contribution in [0.2, 0.25) is 0 Å². The van der Waals surface area contributed by atoms with Gasteiger partial charge in [0.2, 0.25) is 5.76 Å². The lowest BCUT2D eigenvalue weighted by Gasteiger charge is -2.10. The fourth-order valence-corrected chi connectivity index (χ4v) is 3.42. The van der Waals surface area contributed by atoms with E-state index in [0.29, 0.717) is 16.7 Å². The van der Waals surface area contributed by atoms with Crippen LogP contribution in [0.4, 0.5) is 0 Å². The van der Waals surface area contributed by atoms with Gasteiger partial charge in [-0.25, -0.2) is 4.79 Å². The maximum absolute atomic E-state index is 12.1. The lowest BCUT2D eigenvalue weighted by atomic mass is 9.95. The molecular formula is C21H15NO4. The number of benzene rings is 3. The van der Waals surface area contributed by atoms with Crippen molar-refractivity contribution in [2.45, 2.75) is 13.3 Å². The molecule has 0 aromatic heterocycles. The summed E-state index contributed by atoms with van der Waals surface area (Å²) in [5, 5.41) is 13.7. The number of carbonyl (C=O) groups is 1. The van der Waals surface area contributed by atoms with E-state index in [9.17, 15) is 14.9 Å². The highest BCUT2D eigenvalue weighted by atomic mass is 16.6. The van der Waals surface area contributed by atoms with E-state index in [1.165, 1.54) is 0 Å². The van der Waals surface area contributed by atoms with Gasteiger partial charge in [0.05, 0.1) is 16.1 Å². The molecule has 128 valence electrons. The Morgan fingerprint density at radius 3 is 2.31 bits per heavy atom. The molecule has 0 amide bonds. The number of ether oxygens (including phenoxy) is 1. The molecule has 4 rings (SSSR count). The van der Waals surface area contributed by atoms with Gasteiger partial charge in [-0.05, 0) is 34.9 Å². The Kier molecular flexibility index (Phi) is 3.77. The van der Waals surface area contributed by atoms with Crippen molar-refractivity contribution in [2.75, 3.05) is 0 Å². The van der Waals surface area contributed by atoms with E-state index < -0.39 is 10.9 Å². The molecule has 0 unspecified atom stereocenters. The van der Waals surface area contributed by atoms with Crippen LogP contribution < -0.4 is 0 Å². The van der Waals surface area contributed by atoms with E-state index >= 15 is 0 Å². The molecule has 1 heterocycles. The van der Waals surface area contributed by atoms with Crippen LogP contribution in [0.3, 0.4) is 0 Å². The number of cyclic esters (lactones) is 1. The van der Waals surface area contributed by atoms with Crippen molar-refractivity contribution in [3.63, 3.8) is 0 Å². The first-order valence-corrected chi connectivity index (χ1v) is 8.33. The topological polar surface area (TPSA) is 69.4 Å². The summed E-state index contributed by atoms with van der Waals surface area (Å²) in [4.78, 5) is 23.6. The van der Waals surface area contributed by atoms with Crippen LogP contribution in [-0.2, 0) is 11.2 Å². The van der Waals surface area contributed by atoms with E-state index in [-0.39, 0.29) is 11.5 Å².